The van der Waals surface area contributed by atoms with Crippen LogP contribution in [0.25, 0.3) is 0 Å². The van der Waals surface area contributed by atoms with Crippen molar-refractivity contribution >= 4 is 29.3 Å². The molecular formula is C19H21NO3S. The second-order valence-corrected chi connectivity index (χ2v) is 7.02. The molecule has 0 bridgehead atoms. The summed E-state index contributed by atoms with van der Waals surface area (Å²) in [4.78, 5) is 23.2. The Hall–Kier alpha value is -2.27. The zero-order valence-electron chi connectivity index (χ0n) is 13.8. The van der Waals surface area contributed by atoms with Gasteiger partial charge in [0.1, 0.15) is 0 Å². The lowest BCUT2D eigenvalue weighted by Crippen LogP contribution is -2.34. The first-order valence-corrected chi connectivity index (χ1v) is 8.80. The van der Waals surface area contributed by atoms with Crippen LogP contribution in [0.5, 0.6) is 0 Å². The molecule has 0 aliphatic carbocycles. The molecular weight excluding hydrogens is 322 g/mol. The van der Waals surface area contributed by atoms with E-state index in [1.54, 1.807) is 0 Å². The summed E-state index contributed by atoms with van der Waals surface area (Å²) in [6.07, 6.45) is 0. The van der Waals surface area contributed by atoms with Crippen LogP contribution in [0.3, 0.4) is 0 Å². The number of benzene rings is 2. The lowest BCUT2D eigenvalue weighted by molar-refractivity contribution is -0.133. The Balaban J connectivity index is 2.05. The third-order valence-electron chi connectivity index (χ3n) is 3.74. The predicted octanol–water partition coefficient (Wildman–Crippen LogP) is 3.92. The van der Waals surface area contributed by atoms with Gasteiger partial charge in [0.05, 0.1) is 11.2 Å². The van der Waals surface area contributed by atoms with Gasteiger partial charge < -0.3 is 10.4 Å². The zero-order chi connectivity index (χ0) is 17.6. The molecule has 0 aromatic heterocycles. The average molecular weight is 343 g/mol. The Bertz CT molecular complexity index is 714. The van der Waals surface area contributed by atoms with E-state index in [-0.39, 0.29) is 11.7 Å². The lowest BCUT2D eigenvalue weighted by Gasteiger charge is -2.24. The number of amides is 1. The molecule has 0 aliphatic rings. The smallest absolute Gasteiger partial charge is 0.313 e. The number of carbonyl (C=O) groups excluding carboxylic acids is 1. The number of carbonyl (C=O) groups is 2. The monoisotopic (exact) mass is 343 g/mol. The van der Waals surface area contributed by atoms with Crippen LogP contribution in [0, 0.1) is 0 Å². The third kappa shape index (κ3) is 4.86. The summed E-state index contributed by atoms with van der Waals surface area (Å²) in [5, 5.41) is 11.6. The highest BCUT2D eigenvalue weighted by Crippen LogP contribution is 2.25. The summed E-state index contributed by atoms with van der Waals surface area (Å²) < 4.78 is 0. The fourth-order valence-electron chi connectivity index (χ4n) is 2.27. The van der Waals surface area contributed by atoms with Crippen molar-refractivity contribution in [3.63, 3.8) is 0 Å². The molecule has 0 saturated carbocycles. The van der Waals surface area contributed by atoms with E-state index in [1.807, 2.05) is 68.4 Å². The van der Waals surface area contributed by atoms with Gasteiger partial charge in [-0.15, -0.1) is 11.8 Å². The van der Waals surface area contributed by atoms with Crippen LogP contribution in [0.2, 0.25) is 0 Å². The summed E-state index contributed by atoms with van der Waals surface area (Å²) >= 11 is 1.33. The second-order valence-electron chi connectivity index (χ2n) is 6.03. The molecule has 126 valence electrons. The number of rotatable bonds is 7. The molecule has 0 fully saturated rings. The van der Waals surface area contributed by atoms with Gasteiger partial charge in [0.15, 0.2) is 0 Å². The summed E-state index contributed by atoms with van der Waals surface area (Å²) in [5.41, 5.74) is 2.01. The van der Waals surface area contributed by atoms with Crippen LogP contribution >= 0.6 is 11.8 Å². The minimum atomic E-state index is -0.825. The average Bonchev–Trinajstić information content (AvgIpc) is 2.55. The van der Waals surface area contributed by atoms with Crippen LogP contribution in [0.4, 0.5) is 5.69 Å². The molecule has 0 radical (unpaired) electrons. The molecule has 0 saturated heterocycles. The maximum atomic E-state index is 12.7. The number of carboxylic acids is 1. The quantitative estimate of drug-likeness (QED) is 0.799. The highest BCUT2D eigenvalue weighted by atomic mass is 32.2. The fraction of sp³-hybridized carbons (Fsp3) is 0.263. The Labute approximate surface area is 146 Å². The number of thioether (sulfide) groups is 1. The first kappa shape index (κ1) is 18.1. The van der Waals surface area contributed by atoms with Gasteiger partial charge in [-0.05, 0) is 37.1 Å². The summed E-state index contributed by atoms with van der Waals surface area (Å²) in [7, 11) is 0. The highest BCUT2D eigenvalue weighted by molar-refractivity contribution is 7.99. The van der Waals surface area contributed by atoms with E-state index in [1.165, 1.54) is 11.8 Å². The lowest BCUT2D eigenvalue weighted by atomic mass is 9.83. The van der Waals surface area contributed by atoms with Crippen LogP contribution < -0.4 is 5.32 Å². The van der Waals surface area contributed by atoms with Crippen molar-refractivity contribution in [2.75, 3.05) is 11.1 Å². The first-order chi connectivity index (χ1) is 11.4. The minimum absolute atomic E-state index is 0.0671. The van der Waals surface area contributed by atoms with E-state index in [0.717, 1.165) is 16.8 Å². The SMILES string of the molecule is CC(C)(C(=O)Nc1cccc(CSCC(=O)O)c1)c1ccccc1. The van der Waals surface area contributed by atoms with Crippen LogP contribution in [0.15, 0.2) is 54.6 Å². The maximum absolute atomic E-state index is 12.7. The Kier molecular flexibility index (Phi) is 6.04. The van der Waals surface area contributed by atoms with Crippen molar-refractivity contribution in [2.24, 2.45) is 0 Å². The van der Waals surface area contributed by atoms with Crippen LogP contribution in [-0.4, -0.2) is 22.7 Å². The topological polar surface area (TPSA) is 66.4 Å². The largest absolute Gasteiger partial charge is 0.481 e. The standard InChI is InChI=1S/C19H21NO3S/c1-19(2,15-8-4-3-5-9-15)18(23)20-16-10-6-7-14(11-16)12-24-13-17(21)22/h3-11H,12-13H2,1-2H3,(H,20,23)(H,21,22). The molecule has 2 rings (SSSR count). The molecule has 1 amide bonds. The van der Waals surface area contributed by atoms with Crippen molar-refractivity contribution in [3.05, 3.63) is 65.7 Å². The van der Waals surface area contributed by atoms with Crippen LogP contribution in [0.1, 0.15) is 25.0 Å². The number of carboxylic acid groups (broad SMARTS) is 1. The molecule has 0 heterocycles. The van der Waals surface area contributed by atoms with Gasteiger partial charge in [-0.2, -0.15) is 0 Å². The van der Waals surface area contributed by atoms with Gasteiger partial charge in [0, 0.05) is 11.4 Å². The molecule has 2 aromatic carbocycles. The van der Waals surface area contributed by atoms with Crippen molar-refractivity contribution in [2.45, 2.75) is 25.0 Å². The summed E-state index contributed by atoms with van der Waals surface area (Å²) in [5.74, 6) is -0.242. The molecule has 2 aromatic rings. The molecule has 0 unspecified atom stereocenters. The van der Waals surface area contributed by atoms with Gasteiger partial charge in [0.25, 0.3) is 0 Å². The van der Waals surface area contributed by atoms with E-state index in [4.69, 9.17) is 5.11 Å². The molecule has 24 heavy (non-hydrogen) atoms. The van der Waals surface area contributed by atoms with Crippen LogP contribution in [-0.2, 0) is 20.8 Å². The number of nitrogens with one attached hydrogen (secondary N) is 1. The third-order valence-corrected chi connectivity index (χ3v) is 4.73. The van der Waals surface area contributed by atoms with E-state index in [2.05, 4.69) is 5.32 Å². The van der Waals surface area contributed by atoms with Gasteiger partial charge in [-0.1, -0.05) is 42.5 Å². The van der Waals surface area contributed by atoms with Gasteiger partial charge in [-0.25, -0.2) is 0 Å². The predicted molar refractivity (Wildman–Crippen MR) is 98.3 cm³/mol. The fourth-order valence-corrected chi connectivity index (χ4v) is 2.96. The molecule has 0 atom stereocenters. The maximum Gasteiger partial charge on any atom is 0.313 e. The molecule has 0 spiro atoms. The van der Waals surface area contributed by atoms with Gasteiger partial charge >= 0.3 is 5.97 Å². The number of aliphatic carboxylic acids is 1. The van der Waals surface area contributed by atoms with Crippen molar-refractivity contribution in [3.8, 4) is 0 Å². The molecule has 0 aliphatic heterocycles. The zero-order valence-corrected chi connectivity index (χ0v) is 14.6. The number of hydrogen-bond donors (Lipinski definition) is 2. The first-order valence-electron chi connectivity index (χ1n) is 7.65. The van der Waals surface area contributed by atoms with E-state index in [9.17, 15) is 9.59 Å². The number of anilines is 1. The van der Waals surface area contributed by atoms with E-state index < -0.39 is 11.4 Å². The van der Waals surface area contributed by atoms with Gasteiger partial charge in [-0.3, -0.25) is 9.59 Å². The summed E-state index contributed by atoms with van der Waals surface area (Å²) in [6, 6.07) is 17.2. The van der Waals surface area contributed by atoms with Crippen molar-refractivity contribution < 1.29 is 14.7 Å². The van der Waals surface area contributed by atoms with Crippen molar-refractivity contribution in [1.82, 2.24) is 0 Å². The Morgan fingerprint density at radius 3 is 2.46 bits per heavy atom. The Morgan fingerprint density at radius 1 is 1.08 bits per heavy atom. The van der Waals surface area contributed by atoms with E-state index in [0.29, 0.717) is 5.75 Å². The van der Waals surface area contributed by atoms with Crippen molar-refractivity contribution in [1.29, 1.82) is 0 Å². The van der Waals surface area contributed by atoms with Gasteiger partial charge in [0.2, 0.25) is 5.91 Å². The second kappa shape index (κ2) is 8.02. The number of hydrogen-bond acceptors (Lipinski definition) is 3. The Morgan fingerprint density at radius 2 is 1.79 bits per heavy atom. The molecule has 4 nitrogen and oxygen atoms in total. The normalized spacial score (nSPS) is 11.1. The van der Waals surface area contributed by atoms with E-state index >= 15 is 0 Å². The summed E-state index contributed by atoms with van der Waals surface area (Å²) in [6.45, 7) is 3.79. The molecule has 2 N–H and O–H groups in total. The molecule has 5 heteroatoms. The minimum Gasteiger partial charge on any atom is -0.481 e. The highest BCUT2D eigenvalue weighted by Gasteiger charge is 2.29.